The largest absolute Gasteiger partial charge is 0.469 e. The van der Waals surface area contributed by atoms with Crippen LogP contribution >= 0.6 is 11.3 Å². The summed E-state index contributed by atoms with van der Waals surface area (Å²) in [5.41, 5.74) is -0.471. The van der Waals surface area contributed by atoms with E-state index in [1.807, 2.05) is 13.8 Å². The van der Waals surface area contributed by atoms with Gasteiger partial charge < -0.3 is 10.1 Å². The normalized spacial score (nSPS) is 11.5. The molecule has 16 heavy (non-hydrogen) atoms. The van der Waals surface area contributed by atoms with Crippen molar-refractivity contribution in [1.29, 1.82) is 0 Å². The number of hydrogen-bond donors (Lipinski definition) is 1. The zero-order valence-electron chi connectivity index (χ0n) is 10.3. The van der Waals surface area contributed by atoms with E-state index in [9.17, 15) is 4.79 Å². The minimum absolute atomic E-state index is 0.178. The fourth-order valence-electron chi connectivity index (χ4n) is 1.43. The van der Waals surface area contributed by atoms with Gasteiger partial charge in [0.05, 0.1) is 12.5 Å². The molecule has 1 rings (SSSR count). The molecule has 1 N–H and O–H groups in total. The molecule has 3 nitrogen and oxygen atoms in total. The molecule has 0 atom stereocenters. The van der Waals surface area contributed by atoms with Crippen LogP contribution in [0.3, 0.4) is 0 Å². The Labute approximate surface area is 101 Å². The molecular weight excluding hydrogens is 222 g/mol. The maximum Gasteiger partial charge on any atom is 0.312 e. The highest BCUT2D eigenvalue weighted by molar-refractivity contribution is 7.11. The van der Waals surface area contributed by atoms with Gasteiger partial charge in [0.1, 0.15) is 0 Å². The van der Waals surface area contributed by atoms with E-state index in [1.165, 1.54) is 16.9 Å². The number of ether oxygens (including phenoxy) is 1. The Kier molecular flexibility index (Phi) is 4.50. The lowest BCUT2D eigenvalue weighted by molar-refractivity contribution is -0.150. The molecule has 0 aliphatic rings. The van der Waals surface area contributed by atoms with Crippen LogP contribution in [0.25, 0.3) is 0 Å². The summed E-state index contributed by atoms with van der Waals surface area (Å²) in [5, 5.41) is 3.28. The second-order valence-electron chi connectivity index (χ2n) is 4.49. The van der Waals surface area contributed by atoms with Crippen molar-refractivity contribution < 1.29 is 9.53 Å². The van der Waals surface area contributed by atoms with E-state index in [4.69, 9.17) is 4.74 Å². The second kappa shape index (κ2) is 5.46. The quantitative estimate of drug-likeness (QED) is 0.804. The van der Waals surface area contributed by atoms with Crippen LogP contribution in [0.15, 0.2) is 12.1 Å². The first-order chi connectivity index (χ1) is 7.45. The highest BCUT2D eigenvalue weighted by atomic mass is 32.1. The SMILES string of the molecule is COC(=O)C(C)(C)CNCc1ccc(C)s1. The fraction of sp³-hybridized carbons (Fsp3) is 0.583. The number of hydrogen-bond acceptors (Lipinski definition) is 4. The lowest BCUT2D eigenvalue weighted by atomic mass is 9.94. The number of carbonyl (C=O) groups is 1. The van der Waals surface area contributed by atoms with E-state index in [1.54, 1.807) is 11.3 Å². The summed E-state index contributed by atoms with van der Waals surface area (Å²) in [7, 11) is 1.42. The zero-order chi connectivity index (χ0) is 12.2. The monoisotopic (exact) mass is 241 g/mol. The van der Waals surface area contributed by atoms with Crippen LogP contribution in [0.5, 0.6) is 0 Å². The van der Waals surface area contributed by atoms with Gasteiger partial charge in [0.25, 0.3) is 0 Å². The molecule has 0 fully saturated rings. The third-order valence-electron chi connectivity index (χ3n) is 2.40. The van der Waals surface area contributed by atoms with Gasteiger partial charge in [-0.3, -0.25) is 4.79 Å². The lowest BCUT2D eigenvalue weighted by Crippen LogP contribution is -2.36. The van der Waals surface area contributed by atoms with Crippen molar-refractivity contribution in [1.82, 2.24) is 5.32 Å². The first-order valence-corrected chi connectivity index (χ1v) is 6.12. The summed E-state index contributed by atoms with van der Waals surface area (Å²) in [6.45, 7) is 7.28. The molecule has 1 aromatic rings. The van der Waals surface area contributed by atoms with Crippen molar-refractivity contribution in [2.75, 3.05) is 13.7 Å². The van der Waals surface area contributed by atoms with Gasteiger partial charge >= 0.3 is 5.97 Å². The molecule has 0 saturated carbocycles. The molecule has 0 radical (unpaired) electrons. The number of esters is 1. The molecule has 0 amide bonds. The number of methoxy groups -OCH3 is 1. The van der Waals surface area contributed by atoms with Crippen molar-refractivity contribution in [3.8, 4) is 0 Å². The number of nitrogens with one attached hydrogen (secondary N) is 1. The number of aryl methyl sites for hydroxylation is 1. The maximum absolute atomic E-state index is 11.4. The number of carbonyl (C=O) groups excluding carboxylic acids is 1. The molecule has 0 aliphatic heterocycles. The summed E-state index contributed by atoms with van der Waals surface area (Å²) in [5.74, 6) is -0.178. The molecule has 90 valence electrons. The van der Waals surface area contributed by atoms with E-state index in [0.29, 0.717) is 6.54 Å². The van der Waals surface area contributed by atoms with Crippen LogP contribution in [-0.2, 0) is 16.1 Å². The Morgan fingerprint density at radius 2 is 2.19 bits per heavy atom. The Balaban J connectivity index is 2.38. The molecular formula is C12H19NO2S. The highest BCUT2D eigenvalue weighted by Crippen LogP contribution is 2.17. The van der Waals surface area contributed by atoms with Crippen LogP contribution in [0.1, 0.15) is 23.6 Å². The van der Waals surface area contributed by atoms with E-state index in [0.717, 1.165) is 6.54 Å². The zero-order valence-corrected chi connectivity index (χ0v) is 11.1. The van der Waals surface area contributed by atoms with E-state index >= 15 is 0 Å². The molecule has 0 spiro atoms. The average molecular weight is 241 g/mol. The van der Waals surface area contributed by atoms with E-state index < -0.39 is 5.41 Å². The van der Waals surface area contributed by atoms with Crippen LogP contribution in [-0.4, -0.2) is 19.6 Å². The third-order valence-corrected chi connectivity index (χ3v) is 3.40. The van der Waals surface area contributed by atoms with Gasteiger partial charge in [-0.15, -0.1) is 11.3 Å². The molecule has 1 heterocycles. The summed E-state index contributed by atoms with van der Waals surface area (Å²) in [6, 6.07) is 4.21. The highest BCUT2D eigenvalue weighted by Gasteiger charge is 2.27. The summed E-state index contributed by atoms with van der Waals surface area (Å²) >= 11 is 1.77. The van der Waals surface area contributed by atoms with Gasteiger partial charge in [0, 0.05) is 22.8 Å². The van der Waals surface area contributed by atoms with Crippen LogP contribution in [0, 0.1) is 12.3 Å². The van der Waals surface area contributed by atoms with Gasteiger partial charge in [-0.25, -0.2) is 0 Å². The predicted molar refractivity (Wildman–Crippen MR) is 66.6 cm³/mol. The topological polar surface area (TPSA) is 38.3 Å². The minimum Gasteiger partial charge on any atom is -0.469 e. The van der Waals surface area contributed by atoms with Crippen molar-refractivity contribution in [3.63, 3.8) is 0 Å². The molecule has 0 bridgehead atoms. The Hall–Kier alpha value is -0.870. The lowest BCUT2D eigenvalue weighted by Gasteiger charge is -2.21. The number of thiophene rings is 1. The third kappa shape index (κ3) is 3.61. The molecule has 0 unspecified atom stereocenters. The molecule has 1 aromatic heterocycles. The van der Waals surface area contributed by atoms with Crippen molar-refractivity contribution in [3.05, 3.63) is 21.9 Å². The molecule has 0 aromatic carbocycles. The van der Waals surface area contributed by atoms with Gasteiger partial charge in [0.15, 0.2) is 0 Å². The van der Waals surface area contributed by atoms with E-state index in [-0.39, 0.29) is 5.97 Å². The molecule has 4 heteroatoms. The van der Waals surface area contributed by atoms with Crippen molar-refractivity contribution >= 4 is 17.3 Å². The first kappa shape index (κ1) is 13.2. The predicted octanol–water partition coefficient (Wildman–Crippen LogP) is 2.35. The van der Waals surface area contributed by atoms with E-state index in [2.05, 4.69) is 24.4 Å². The van der Waals surface area contributed by atoms with Crippen molar-refractivity contribution in [2.45, 2.75) is 27.3 Å². The fourth-order valence-corrected chi connectivity index (χ4v) is 2.29. The van der Waals surface area contributed by atoms with Gasteiger partial charge in [0.2, 0.25) is 0 Å². The standard InChI is InChI=1S/C12H19NO2S/c1-9-5-6-10(16-9)7-13-8-12(2,3)11(14)15-4/h5-6,13H,7-8H2,1-4H3. The maximum atomic E-state index is 11.4. The van der Waals surface area contributed by atoms with Crippen molar-refractivity contribution in [2.24, 2.45) is 5.41 Å². The van der Waals surface area contributed by atoms with Crippen LogP contribution in [0.4, 0.5) is 0 Å². The second-order valence-corrected chi connectivity index (χ2v) is 5.86. The van der Waals surface area contributed by atoms with Gasteiger partial charge in [-0.05, 0) is 32.9 Å². The van der Waals surface area contributed by atoms with Crippen LogP contribution < -0.4 is 5.32 Å². The average Bonchev–Trinajstić information content (AvgIpc) is 2.62. The van der Waals surface area contributed by atoms with Gasteiger partial charge in [-0.1, -0.05) is 0 Å². The minimum atomic E-state index is -0.471. The summed E-state index contributed by atoms with van der Waals surface area (Å²) in [6.07, 6.45) is 0. The number of rotatable bonds is 5. The van der Waals surface area contributed by atoms with Crippen LogP contribution in [0.2, 0.25) is 0 Å². The summed E-state index contributed by atoms with van der Waals surface area (Å²) < 4.78 is 4.75. The Morgan fingerprint density at radius 3 is 2.69 bits per heavy atom. The first-order valence-electron chi connectivity index (χ1n) is 5.30. The molecule has 0 aliphatic carbocycles. The summed E-state index contributed by atoms with van der Waals surface area (Å²) in [4.78, 5) is 14.0. The Bertz CT molecular complexity index is 358. The van der Waals surface area contributed by atoms with Gasteiger partial charge in [-0.2, -0.15) is 0 Å². The molecule has 0 saturated heterocycles. The smallest absolute Gasteiger partial charge is 0.312 e. The Morgan fingerprint density at radius 1 is 1.50 bits per heavy atom.